The Balaban J connectivity index is 1.38. The van der Waals surface area contributed by atoms with Gasteiger partial charge in [-0.2, -0.15) is 0 Å². The Hall–Kier alpha value is -2.38. The predicted octanol–water partition coefficient (Wildman–Crippen LogP) is 4.60. The summed E-state index contributed by atoms with van der Waals surface area (Å²) in [5.74, 6) is 2.05. The number of nitrogens with one attached hydrogen (secondary N) is 1. The standard InChI is InChI=1S/C24H23N3O2S2/c28-18(26-17-6-2-1-3-7-17)13-27-23-22(31-24(27)29)20(16-5-4-10-25-12-16)19-14-8-9-15(11-14)21(19)30-23/h1-7,10,12,14-15,19-21H,8-9,11,13H2,(H,26,28)/t14?,15?,19?,20-,21?/m1/s1. The number of pyridine rings is 1. The Bertz CT molecular complexity index is 1170. The molecule has 1 aromatic carbocycles. The summed E-state index contributed by atoms with van der Waals surface area (Å²) in [5.41, 5.74) is 1.95. The van der Waals surface area contributed by atoms with Crippen molar-refractivity contribution in [1.82, 2.24) is 9.55 Å². The fourth-order valence-corrected chi connectivity index (χ4v) is 9.04. The number of rotatable bonds is 4. The van der Waals surface area contributed by atoms with E-state index in [1.54, 1.807) is 4.57 Å². The molecule has 2 bridgehead atoms. The normalized spacial score (nSPS) is 28.2. The molecule has 5 nitrogen and oxygen atoms in total. The van der Waals surface area contributed by atoms with E-state index in [4.69, 9.17) is 0 Å². The minimum atomic E-state index is -0.164. The summed E-state index contributed by atoms with van der Waals surface area (Å²) in [6.07, 6.45) is 7.66. The Morgan fingerprint density at radius 1 is 1.13 bits per heavy atom. The molecule has 2 fully saturated rings. The zero-order valence-electron chi connectivity index (χ0n) is 16.9. The number of nitrogens with zero attached hydrogens (tertiary/aromatic N) is 2. The first-order valence-electron chi connectivity index (χ1n) is 10.8. The lowest BCUT2D eigenvalue weighted by molar-refractivity contribution is -0.116. The van der Waals surface area contributed by atoms with Gasteiger partial charge in [0.05, 0.1) is 5.03 Å². The maximum atomic E-state index is 13.0. The van der Waals surface area contributed by atoms with Gasteiger partial charge in [0.25, 0.3) is 0 Å². The van der Waals surface area contributed by atoms with E-state index in [-0.39, 0.29) is 23.2 Å². The number of aromatic nitrogens is 2. The number of amides is 1. The summed E-state index contributed by atoms with van der Waals surface area (Å²) < 4.78 is 1.70. The first-order valence-corrected chi connectivity index (χ1v) is 12.5. The van der Waals surface area contributed by atoms with Gasteiger partial charge >= 0.3 is 4.87 Å². The van der Waals surface area contributed by atoms with Crippen molar-refractivity contribution < 1.29 is 4.79 Å². The third-order valence-corrected chi connectivity index (χ3v) is 9.92. The summed E-state index contributed by atoms with van der Waals surface area (Å²) in [6, 6.07) is 13.5. The van der Waals surface area contributed by atoms with E-state index in [2.05, 4.69) is 16.4 Å². The summed E-state index contributed by atoms with van der Waals surface area (Å²) in [4.78, 5) is 31.3. The lowest BCUT2D eigenvalue weighted by Gasteiger charge is -2.40. The molecule has 0 saturated heterocycles. The van der Waals surface area contributed by atoms with Crippen LogP contribution in [0.5, 0.6) is 0 Å². The average molecular weight is 450 g/mol. The van der Waals surface area contributed by atoms with Crippen molar-refractivity contribution in [2.45, 2.75) is 42.0 Å². The number of para-hydroxylation sites is 1. The molecule has 1 amide bonds. The second-order valence-electron chi connectivity index (χ2n) is 8.79. The van der Waals surface area contributed by atoms with Crippen molar-refractivity contribution in [2.75, 3.05) is 5.32 Å². The van der Waals surface area contributed by atoms with Crippen LogP contribution in [0.25, 0.3) is 0 Å². The predicted molar refractivity (Wildman–Crippen MR) is 124 cm³/mol. The highest BCUT2D eigenvalue weighted by molar-refractivity contribution is 8.00. The minimum absolute atomic E-state index is 0.0399. The van der Waals surface area contributed by atoms with Gasteiger partial charge in [-0.1, -0.05) is 35.6 Å². The zero-order chi connectivity index (χ0) is 20.9. The molecule has 7 heteroatoms. The van der Waals surface area contributed by atoms with E-state index in [0.29, 0.717) is 17.1 Å². The summed E-state index contributed by atoms with van der Waals surface area (Å²) in [7, 11) is 0. The van der Waals surface area contributed by atoms with Crippen LogP contribution < -0.4 is 10.2 Å². The fourth-order valence-electron chi connectivity index (χ4n) is 5.89. The molecule has 0 radical (unpaired) electrons. The van der Waals surface area contributed by atoms with Crippen molar-refractivity contribution in [3.63, 3.8) is 0 Å². The number of thiazole rings is 1. The third kappa shape index (κ3) is 3.26. The molecule has 31 heavy (non-hydrogen) atoms. The van der Waals surface area contributed by atoms with Gasteiger partial charge in [0.2, 0.25) is 5.91 Å². The number of fused-ring (bicyclic) bond motifs is 6. The SMILES string of the molecule is O=C(Cn1c2c(sc1=O)[C@H](c1cccnc1)C1C3CCC(C3)C1S2)Nc1ccccc1. The Kier molecular flexibility index (Phi) is 4.76. The number of thioether (sulfide) groups is 1. The number of carbonyl (C=O) groups excluding carboxylic acids is 1. The molecule has 2 aromatic heterocycles. The van der Waals surface area contributed by atoms with Gasteiger partial charge in [-0.3, -0.25) is 19.1 Å². The largest absolute Gasteiger partial charge is 0.325 e. The zero-order valence-corrected chi connectivity index (χ0v) is 18.6. The number of hydrogen-bond acceptors (Lipinski definition) is 5. The molecule has 6 rings (SSSR count). The first kappa shape index (κ1) is 19.3. The molecule has 2 saturated carbocycles. The molecule has 1 N–H and O–H groups in total. The van der Waals surface area contributed by atoms with Gasteiger partial charge in [0, 0.05) is 34.1 Å². The maximum Gasteiger partial charge on any atom is 0.308 e. The first-order chi connectivity index (χ1) is 15.2. The highest BCUT2D eigenvalue weighted by Gasteiger charge is 2.55. The van der Waals surface area contributed by atoms with Crippen LogP contribution in [0.1, 0.15) is 35.6 Å². The van der Waals surface area contributed by atoms with E-state index in [9.17, 15) is 9.59 Å². The molecule has 3 aromatic rings. The lowest BCUT2D eigenvalue weighted by Crippen LogP contribution is -2.34. The summed E-state index contributed by atoms with van der Waals surface area (Å²) in [5, 5.41) is 4.44. The van der Waals surface area contributed by atoms with E-state index in [0.717, 1.165) is 21.5 Å². The highest BCUT2D eigenvalue weighted by Crippen LogP contribution is 2.63. The third-order valence-electron chi connectivity index (χ3n) is 7.09. The van der Waals surface area contributed by atoms with Gasteiger partial charge in [-0.05, 0) is 60.8 Å². The number of benzene rings is 1. The van der Waals surface area contributed by atoms with Gasteiger partial charge in [-0.25, -0.2) is 0 Å². The number of anilines is 1. The number of carbonyl (C=O) groups is 1. The fraction of sp³-hybridized carbons (Fsp3) is 0.375. The van der Waals surface area contributed by atoms with E-state index < -0.39 is 0 Å². The van der Waals surface area contributed by atoms with Crippen molar-refractivity contribution in [1.29, 1.82) is 0 Å². The Morgan fingerprint density at radius 2 is 1.97 bits per heavy atom. The van der Waals surface area contributed by atoms with Crippen LogP contribution in [-0.2, 0) is 11.3 Å². The summed E-state index contributed by atoms with van der Waals surface area (Å²) in [6.45, 7) is 0.0534. The van der Waals surface area contributed by atoms with Crippen LogP contribution in [0, 0.1) is 17.8 Å². The molecular formula is C24H23N3O2S2. The number of hydrogen-bond donors (Lipinski definition) is 1. The van der Waals surface area contributed by atoms with Crippen LogP contribution in [-0.4, -0.2) is 20.7 Å². The molecular weight excluding hydrogens is 426 g/mol. The van der Waals surface area contributed by atoms with Crippen molar-refractivity contribution in [2.24, 2.45) is 17.8 Å². The maximum absolute atomic E-state index is 13.0. The Labute approximate surface area is 188 Å². The topological polar surface area (TPSA) is 64.0 Å². The highest BCUT2D eigenvalue weighted by atomic mass is 32.2. The average Bonchev–Trinajstić information content (AvgIpc) is 3.48. The molecule has 0 spiro atoms. The lowest BCUT2D eigenvalue weighted by atomic mass is 9.75. The van der Waals surface area contributed by atoms with Crippen molar-refractivity contribution in [3.05, 3.63) is 75.0 Å². The molecule has 4 unspecified atom stereocenters. The van der Waals surface area contributed by atoms with Crippen LogP contribution >= 0.6 is 23.1 Å². The van der Waals surface area contributed by atoms with E-state index >= 15 is 0 Å². The molecule has 5 atom stereocenters. The van der Waals surface area contributed by atoms with Gasteiger partial charge in [0.15, 0.2) is 0 Å². The quantitative estimate of drug-likeness (QED) is 0.633. The van der Waals surface area contributed by atoms with Crippen molar-refractivity contribution in [3.8, 4) is 0 Å². The monoisotopic (exact) mass is 449 g/mol. The Morgan fingerprint density at radius 3 is 2.77 bits per heavy atom. The second kappa shape index (κ2) is 7.64. The second-order valence-corrected chi connectivity index (χ2v) is 11.0. The minimum Gasteiger partial charge on any atom is -0.325 e. The molecule has 1 aliphatic heterocycles. The van der Waals surface area contributed by atoms with Crippen molar-refractivity contribution >= 4 is 34.7 Å². The smallest absolute Gasteiger partial charge is 0.308 e. The van der Waals surface area contributed by atoms with Crippen LogP contribution in [0.4, 0.5) is 5.69 Å². The van der Waals surface area contributed by atoms with Crippen LogP contribution in [0.2, 0.25) is 0 Å². The van der Waals surface area contributed by atoms with Gasteiger partial charge < -0.3 is 5.32 Å². The summed E-state index contributed by atoms with van der Waals surface area (Å²) >= 11 is 3.18. The van der Waals surface area contributed by atoms with Crippen LogP contribution in [0.15, 0.2) is 64.7 Å². The molecule has 3 heterocycles. The molecule has 158 valence electrons. The van der Waals surface area contributed by atoms with E-state index in [1.165, 1.54) is 36.2 Å². The van der Waals surface area contributed by atoms with Gasteiger partial charge in [-0.15, -0.1) is 11.8 Å². The molecule has 2 aliphatic carbocycles. The van der Waals surface area contributed by atoms with Gasteiger partial charge in [0.1, 0.15) is 6.54 Å². The molecule has 3 aliphatic rings. The van der Waals surface area contributed by atoms with E-state index in [1.807, 2.05) is 60.6 Å². The van der Waals surface area contributed by atoms with Crippen LogP contribution in [0.3, 0.4) is 0 Å².